The van der Waals surface area contributed by atoms with Crippen LogP contribution in [-0.4, -0.2) is 36.5 Å². The highest BCUT2D eigenvalue weighted by Gasteiger charge is 2.33. The Morgan fingerprint density at radius 3 is 3.28 bits per heavy atom. The Balaban J connectivity index is 1.81. The SMILES string of the molecule is C[C@@H]1CNCCN1C(=O)C1CCCc2sccc21. The van der Waals surface area contributed by atoms with Crippen LogP contribution in [0.1, 0.15) is 36.1 Å². The molecule has 4 heteroatoms. The van der Waals surface area contributed by atoms with Crippen LogP contribution in [0, 0.1) is 0 Å². The second-order valence-corrected chi connectivity index (χ2v) is 6.33. The van der Waals surface area contributed by atoms with Crippen molar-refractivity contribution in [3.05, 3.63) is 21.9 Å². The second-order valence-electron chi connectivity index (χ2n) is 5.33. The zero-order valence-corrected chi connectivity index (χ0v) is 11.6. The van der Waals surface area contributed by atoms with Gasteiger partial charge in [-0.05, 0) is 43.2 Å². The summed E-state index contributed by atoms with van der Waals surface area (Å²) >= 11 is 1.81. The van der Waals surface area contributed by atoms with Crippen molar-refractivity contribution < 1.29 is 4.79 Å². The Morgan fingerprint density at radius 2 is 2.44 bits per heavy atom. The van der Waals surface area contributed by atoms with Crippen molar-refractivity contribution in [1.82, 2.24) is 10.2 Å². The normalized spacial score (nSPS) is 27.9. The lowest BCUT2D eigenvalue weighted by atomic mass is 9.86. The van der Waals surface area contributed by atoms with Crippen LogP contribution in [0.25, 0.3) is 0 Å². The van der Waals surface area contributed by atoms with Gasteiger partial charge in [0.15, 0.2) is 0 Å². The molecule has 1 fully saturated rings. The minimum atomic E-state index is 0.126. The molecule has 3 rings (SSSR count). The van der Waals surface area contributed by atoms with Crippen LogP contribution in [0.5, 0.6) is 0 Å². The fraction of sp³-hybridized carbons (Fsp3) is 0.643. The molecule has 1 aromatic rings. The number of carbonyl (C=O) groups is 1. The van der Waals surface area contributed by atoms with Crippen molar-refractivity contribution in [2.24, 2.45) is 0 Å². The average molecular weight is 264 g/mol. The molecule has 1 aliphatic carbocycles. The van der Waals surface area contributed by atoms with Crippen molar-refractivity contribution in [2.45, 2.75) is 38.1 Å². The van der Waals surface area contributed by atoms with E-state index in [2.05, 4.69) is 28.6 Å². The molecule has 1 amide bonds. The largest absolute Gasteiger partial charge is 0.337 e. The molecule has 2 atom stereocenters. The van der Waals surface area contributed by atoms with Gasteiger partial charge in [0.25, 0.3) is 0 Å². The highest BCUT2D eigenvalue weighted by molar-refractivity contribution is 7.10. The van der Waals surface area contributed by atoms with E-state index in [1.165, 1.54) is 10.4 Å². The van der Waals surface area contributed by atoms with Gasteiger partial charge in [-0.15, -0.1) is 11.3 Å². The molecule has 1 unspecified atom stereocenters. The molecule has 0 aromatic carbocycles. The lowest BCUT2D eigenvalue weighted by molar-refractivity contribution is -0.136. The van der Waals surface area contributed by atoms with Gasteiger partial charge in [-0.1, -0.05) is 0 Å². The van der Waals surface area contributed by atoms with Gasteiger partial charge >= 0.3 is 0 Å². The fourth-order valence-electron chi connectivity index (χ4n) is 3.11. The smallest absolute Gasteiger partial charge is 0.230 e. The zero-order valence-electron chi connectivity index (χ0n) is 10.8. The first-order valence-corrected chi connectivity index (χ1v) is 7.73. The third-order valence-corrected chi connectivity index (χ3v) is 5.13. The minimum absolute atomic E-state index is 0.126. The molecule has 3 nitrogen and oxygen atoms in total. The Morgan fingerprint density at radius 1 is 1.56 bits per heavy atom. The summed E-state index contributed by atoms with van der Waals surface area (Å²) in [7, 11) is 0. The summed E-state index contributed by atoms with van der Waals surface area (Å²) in [5.74, 6) is 0.476. The van der Waals surface area contributed by atoms with E-state index < -0.39 is 0 Å². The van der Waals surface area contributed by atoms with Crippen LogP contribution in [0.15, 0.2) is 11.4 Å². The second kappa shape index (κ2) is 5.02. The molecule has 0 radical (unpaired) electrons. The van der Waals surface area contributed by atoms with Gasteiger partial charge in [-0.2, -0.15) is 0 Å². The predicted molar refractivity (Wildman–Crippen MR) is 74.0 cm³/mol. The number of amides is 1. The summed E-state index contributed by atoms with van der Waals surface area (Å²) in [6, 6.07) is 2.49. The number of carbonyl (C=O) groups excluding carboxylic acids is 1. The van der Waals surface area contributed by atoms with Gasteiger partial charge in [0.1, 0.15) is 0 Å². The standard InChI is InChI=1S/C14H20N2OS/c1-10-9-15-6-7-16(10)14(17)12-3-2-4-13-11(12)5-8-18-13/h5,8,10,12,15H,2-4,6-7,9H2,1H3/t10-,12?/m1/s1. The topological polar surface area (TPSA) is 32.3 Å². The monoisotopic (exact) mass is 264 g/mol. The van der Waals surface area contributed by atoms with Gasteiger partial charge in [0, 0.05) is 30.6 Å². The summed E-state index contributed by atoms with van der Waals surface area (Å²) in [4.78, 5) is 16.2. The number of hydrogen-bond donors (Lipinski definition) is 1. The Hall–Kier alpha value is -0.870. The minimum Gasteiger partial charge on any atom is -0.337 e. The van der Waals surface area contributed by atoms with Gasteiger partial charge in [0.2, 0.25) is 5.91 Å². The van der Waals surface area contributed by atoms with E-state index >= 15 is 0 Å². The van der Waals surface area contributed by atoms with Crippen LogP contribution in [0.4, 0.5) is 0 Å². The third kappa shape index (κ3) is 2.08. The zero-order chi connectivity index (χ0) is 12.5. The van der Waals surface area contributed by atoms with Gasteiger partial charge in [-0.3, -0.25) is 4.79 Å². The van der Waals surface area contributed by atoms with Crippen molar-refractivity contribution in [3.63, 3.8) is 0 Å². The van der Waals surface area contributed by atoms with Gasteiger partial charge in [0.05, 0.1) is 5.92 Å². The van der Waals surface area contributed by atoms with Crippen LogP contribution in [0.2, 0.25) is 0 Å². The summed E-state index contributed by atoms with van der Waals surface area (Å²) in [6.07, 6.45) is 3.34. The highest BCUT2D eigenvalue weighted by Crippen LogP contribution is 2.36. The maximum Gasteiger partial charge on any atom is 0.230 e. The summed E-state index contributed by atoms with van der Waals surface area (Å²) in [5.41, 5.74) is 1.31. The first-order chi connectivity index (χ1) is 8.77. The Bertz CT molecular complexity index is 443. The average Bonchev–Trinajstić information content (AvgIpc) is 2.86. The molecule has 0 spiro atoms. The molecule has 0 saturated carbocycles. The van der Waals surface area contributed by atoms with Crippen LogP contribution < -0.4 is 5.32 Å². The van der Waals surface area contributed by atoms with E-state index in [0.717, 1.165) is 38.9 Å². The molecule has 1 aliphatic heterocycles. The summed E-state index contributed by atoms with van der Waals surface area (Å²) < 4.78 is 0. The van der Waals surface area contributed by atoms with E-state index in [0.29, 0.717) is 11.9 Å². The first kappa shape index (κ1) is 12.2. The van der Waals surface area contributed by atoms with Crippen LogP contribution in [0.3, 0.4) is 0 Å². The van der Waals surface area contributed by atoms with E-state index in [1.807, 2.05) is 11.3 Å². The lowest BCUT2D eigenvalue weighted by Gasteiger charge is -2.37. The quantitative estimate of drug-likeness (QED) is 0.841. The Labute approximate surface area is 112 Å². The van der Waals surface area contributed by atoms with E-state index in [9.17, 15) is 4.79 Å². The molecule has 1 aromatic heterocycles. The first-order valence-electron chi connectivity index (χ1n) is 6.85. The number of hydrogen-bond acceptors (Lipinski definition) is 3. The van der Waals surface area contributed by atoms with E-state index in [1.54, 1.807) is 0 Å². The number of nitrogens with one attached hydrogen (secondary N) is 1. The Kier molecular flexibility index (Phi) is 3.39. The molecule has 2 aliphatic rings. The van der Waals surface area contributed by atoms with Gasteiger partial charge < -0.3 is 10.2 Å². The molecular formula is C14H20N2OS. The maximum atomic E-state index is 12.7. The van der Waals surface area contributed by atoms with Crippen LogP contribution >= 0.6 is 11.3 Å². The van der Waals surface area contributed by atoms with E-state index in [4.69, 9.17) is 0 Å². The van der Waals surface area contributed by atoms with Crippen molar-refractivity contribution >= 4 is 17.2 Å². The number of fused-ring (bicyclic) bond motifs is 1. The van der Waals surface area contributed by atoms with Crippen LogP contribution in [-0.2, 0) is 11.2 Å². The highest BCUT2D eigenvalue weighted by atomic mass is 32.1. The molecular weight excluding hydrogens is 244 g/mol. The number of rotatable bonds is 1. The molecule has 1 N–H and O–H groups in total. The number of piperazine rings is 1. The summed E-state index contributed by atoms with van der Waals surface area (Å²) in [6.45, 7) is 4.85. The predicted octanol–water partition coefficient (Wildman–Crippen LogP) is 1.99. The molecule has 1 saturated heterocycles. The lowest BCUT2D eigenvalue weighted by Crippen LogP contribution is -2.53. The number of thiophene rings is 1. The molecule has 2 heterocycles. The number of nitrogens with zero attached hydrogens (tertiary/aromatic N) is 1. The number of aryl methyl sites for hydroxylation is 1. The van der Waals surface area contributed by atoms with E-state index in [-0.39, 0.29) is 5.92 Å². The molecule has 18 heavy (non-hydrogen) atoms. The van der Waals surface area contributed by atoms with Gasteiger partial charge in [-0.25, -0.2) is 0 Å². The summed E-state index contributed by atoms with van der Waals surface area (Å²) in [5, 5.41) is 5.48. The third-order valence-electron chi connectivity index (χ3n) is 4.13. The maximum absolute atomic E-state index is 12.7. The van der Waals surface area contributed by atoms with Crippen molar-refractivity contribution in [1.29, 1.82) is 0 Å². The van der Waals surface area contributed by atoms with Crippen molar-refractivity contribution in [2.75, 3.05) is 19.6 Å². The van der Waals surface area contributed by atoms with Crippen molar-refractivity contribution in [3.8, 4) is 0 Å². The molecule has 0 bridgehead atoms. The fourth-order valence-corrected chi connectivity index (χ4v) is 4.10. The molecule has 98 valence electrons.